The monoisotopic (exact) mass is 472 g/mol. The third-order valence-corrected chi connectivity index (χ3v) is 6.98. The van der Waals surface area contributed by atoms with Crippen molar-refractivity contribution in [1.29, 1.82) is 0 Å². The number of rotatable bonds is 5. The Hall–Kier alpha value is -3.95. The minimum Gasteiger partial charge on any atom is -0.267 e. The number of nitro groups is 1. The first kappa shape index (κ1) is 20.9. The molecule has 0 saturated heterocycles. The van der Waals surface area contributed by atoms with E-state index in [1.165, 1.54) is 28.6 Å². The number of hydrogen-bond donors (Lipinski definition) is 0. The molecule has 0 N–H and O–H groups in total. The molecule has 2 heterocycles. The lowest BCUT2D eigenvalue weighted by Gasteiger charge is -2.15. The van der Waals surface area contributed by atoms with Gasteiger partial charge in [-0.05, 0) is 47.5 Å². The first-order chi connectivity index (χ1) is 16.0. The average molecular weight is 473 g/mol. The lowest BCUT2D eigenvalue weighted by molar-refractivity contribution is -0.380. The molecule has 162 valence electrons. The molecular weight excluding hydrogens is 456 g/mol. The summed E-state index contributed by atoms with van der Waals surface area (Å²) in [5, 5.41) is 18.9. The topological polar surface area (TPSA) is 88.7 Å². The quantitative estimate of drug-likeness (QED) is 0.168. The lowest BCUT2D eigenvalue weighted by Crippen LogP contribution is -2.25. The molecule has 0 unspecified atom stereocenters. The molecule has 33 heavy (non-hydrogen) atoms. The van der Waals surface area contributed by atoms with E-state index in [2.05, 4.69) is 10.1 Å². The number of carbonyl (C=O) groups excluding carboxylic acids is 1. The highest BCUT2D eigenvalue weighted by Crippen LogP contribution is 2.32. The first-order valence-electron chi connectivity index (χ1n) is 9.97. The van der Waals surface area contributed by atoms with Gasteiger partial charge in [-0.25, -0.2) is 4.98 Å². The van der Waals surface area contributed by atoms with E-state index in [9.17, 15) is 14.9 Å². The number of nitrogens with zero attached hydrogens (tertiary/aromatic N) is 4. The molecule has 7 nitrogen and oxygen atoms in total. The normalized spacial score (nSPS) is 11.4. The fourth-order valence-corrected chi connectivity index (χ4v) is 5.16. The summed E-state index contributed by atoms with van der Waals surface area (Å²) in [6.07, 6.45) is 1.46. The Morgan fingerprint density at radius 2 is 1.88 bits per heavy atom. The van der Waals surface area contributed by atoms with Gasteiger partial charge >= 0.3 is 5.00 Å². The number of aryl methyl sites for hydroxylation is 1. The van der Waals surface area contributed by atoms with Crippen LogP contribution < -0.4 is 5.01 Å². The Kier molecular flexibility index (Phi) is 5.41. The van der Waals surface area contributed by atoms with E-state index >= 15 is 0 Å². The standard InChI is InChI=1S/C24H16N4O3S2/c1-15-9-11-20-21(13-15)33-24(26-20)27(25-14-17-10-12-22(32-17)28(30)31)23(29)19-8-4-6-16-5-2-3-7-18(16)19/h2-14H,1H3/b25-14+. The van der Waals surface area contributed by atoms with Crippen molar-refractivity contribution in [2.75, 3.05) is 5.01 Å². The van der Waals surface area contributed by atoms with Crippen LogP contribution >= 0.6 is 22.7 Å². The van der Waals surface area contributed by atoms with Crippen molar-refractivity contribution < 1.29 is 9.72 Å². The van der Waals surface area contributed by atoms with E-state index < -0.39 is 4.92 Å². The second kappa shape index (κ2) is 8.53. The number of amides is 1. The molecule has 0 fully saturated rings. The molecule has 5 aromatic rings. The van der Waals surface area contributed by atoms with Gasteiger partial charge in [-0.1, -0.05) is 65.1 Å². The Labute approximate surface area is 196 Å². The average Bonchev–Trinajstić information content (AvgIpc) is 3.46. The Morgan fingerprint density at radius 3 is 2.70 bits per heavy atom. The SMILES string of the molecule is Cc1ccc2nc(N(/N=C/c3ccc([N+](=O)[O-])s3)C(=O)c3cccc4ccccc34)sc2c1. The predicted molar refractivity (Wildman–Crippen MR) is 134 cm³/mol. The van der Waals surface area contributed by atoms with Gasteiger partial charge < -0.3 is 0 Å². The molecule has 5 rings (SSSR count). The Bertz CT molecular complexity index is 1550. The van der Waals surface area contributed by atoms with Crippen LogP contribution in [0.5, 0.6) is 0 Å². The van der Waals surface area contributed by atoms with Crippen molar-refractivity contribution in [1.82, 2.24) is 4.98 Å². The Balaban J connectivity index is 1.61. The van der Waals surface area contributed by atoms with Crippen molar-refractivity contribution in [2.24, 2.45) is 5.10 Å². The van der Waals surface area contributed by atoms with Crippen molar-refractivity contribution >= 4 is 65.9 Å². The highest BCUT2D eigenvalue weighted by atomic mass is 32.1. The molecule has 0 radical (unpaired) electrons. The number of hydrazone groups is 1. The van der Waals surface area contributed by atoms with Gasteiger partial charge in [-0.15, -0.1) is 0 Å². The number of carbonyl (C=O) groups is 1. The van der Waals surface area contributed by atoms with Gasteiger partial charge in [0.2, 0.25) is 5.13 Å². The fourth-order valence-electron chi connectivity index (χ4n) is 3.45. The summed E-state index contributed by atoms with van der Waals surface area (Å²) >= 11 is 2.36. The number of anilines is 1. The summed E-state index contributed by atoms with van der Waals surface area (Å²) in [5.41, 5.74) is 2.37. The smallest absolute Gasteiger partial charge is 0.267 e. The summed E-state index contributed by atoms with van der Waals surface area (Å²) in [7, 11) is 0. The zero-order valence-corrected chi connectivity index (χ0v) is 19.0. The van der Waals surface area contributed by atoms with Gasteiger partial charge in [-0.2, -0.15) is 10.1 Å². The van der Waals surface area contributed by atoms with Gasteiger partial charge in [0.1, 0.15) is 0 Å². The van der Waals surface area contributed by atoms with Crippen LogP contribution in [-0.4, -0.2) is 22.0 Å². The Morgan fingerprint density at radius 1 is 1.06 bits per heavy atom. The van der Waals surface area contributed by atoms with E-state index in [0.717, 1.165) is 37.9 Å². The summed E-state index contributed by atoms with van der Waals surface area (Å²) in [6.45, 7) is 2.00. The molecule has 0 spiro atoms. The highest BCUT2D eigenvalue weighted by Gasteiger charge is 2.23. The zero-order valence-electron chi connectivity index (χ0n) is 17.3. The molecule has 9 heteroatoms. The highest BCUT2D eigenvalue weighted by molar-refractivity contribution is 7.22. The van der Waals surface area contributed by atoms with Crippen LogP contribution in [0.4, 0.5) is 10.1 Å². The van der Waals surface area contributed by atoms with Crippen LogP contribution in [0.25, 0.3) is 21.0 Å². The number of aromatic nitrogens is 1. The first-order valence-corrected chi connectivity index (χ1v) is 11.6. The molecule has 0 bridgehead atoms. The summed E-state index contributed by atoms with van der Waals surface area (Å²) < 4.78 is 0.947. The zero-order chi connectivity index (χ0) is 22.9. The van der Waals surface area contributed by atoms with Crippen LogP contribution in [-0.2, 0) is 0 Å². The molecule has 2 aromatic heterocycles. The molecule has 1 amide bonds. The van der Waals surface area contributed by atoms with E-state index in [1.807, 2.05) is 61.5 Å². The van der Waals surface area contributed by atoms with Crippen LogP contribution in [0.3, 0.4) is 0 Å². The largest absolute Gasteiger partial charge is 0.324 e. The second-order valence-corrected chi connectivity index (χ2v) is 9.39. The van der Waals surface area contributed by atoms with Gasteiger partial charge in [0, 0.05) is 11.6 Å². The summed E-state index contributed by atoms with van der Waals surface area (Å²) in [4.78, 5) is 29.5. The minimum atomic E-state index is -0.448. The summed E-state index contributed by atoms with van der Waals surface area (Å²) in [6, 6.07) is 22.1. The maximum Gasteiger partial charge on any atom is 0.324 e. The van der Waals surface area contributed by atoms with Crippen LogP contribution in [0.15, 0.2) is 77.9 Å². The number of thiophene rings is 1. The number of fused-ring (bicyclic) bond motifs is 2. The third-order valence-electron chi connectivity index (χ3n) is 5.02. The second-order valence-electron chi connectivity index (χ2n) is 7.29. The maximum atomic E-state index is 13.7. The fraction of sp³-hybridized carbons (Fsp3) is 0.0417. The minimum absolute atomic E-state index is 0.0128. The number of thiazole rings is 1. The van der Waals surface area contributed by atoms with Crippen molar-refractivity contribution in [3.8, 4) is 0 Å². The van der Waals surface area contributed by atoms with Gasteiger partial charge in [0.15, 0.2) is 0 Å². The van der Waals surface area contributed by atoms with Gasteiger partial charge in [0.05, 0.1) is 26.2 Å². The maximum absolute atomic E-state index is 13.7. The van der Waals surface area contributed by atoms with E-state index in [0.29, 0.717) is 15.6 Å². The van der Waals surface area contributed by atoms with Gasteiger partial charge in [-0.3, -0.25) is 14.9 Å². The third kappa shape index (κ3) is 4.11. The predicted octanol–water partition coefficient (Wildman–Crippen LogP) is 6.41. The molecule has 0 aliphatic heterocycles. The molecule has 0 aliphatic carbocycles. The van der Waals surface area contributed by atoms with Crippen molar-refractivity contribution in [3.63, 3.8) is 0 Å². The molecular formula is C24H16N4O3S2. The molecule has 3 aromatic carbocycles. The van der Waals surface area contributed by atoms with E-state index in [4.69, 9.17) is 0 Å². The molecule has 0 aliphatic rings. The van der Waals surface area contributed by atoms with E-state index in [-0.39, 0.29) is 10.9 Å². The molecule has 0 saturated carbocycles. The van der Waals surface area contributed by atoms with Crippen LogP contribution in [0.1, 0.15) is 20.8 Å². The van der Waals surface area contributed by atoms with Crippen molar-refractivity contribution in [2.45, 2.75) is 6.92 Å². The summed E-state index contributed by atoms with van der Waals surface area (Å²) in [5.74, 6) is -0.329. The van der Waals surface area contributed by atoms with Crippen molar-refractivity contribution in [3.05, 3.63) is 98.9 Å². The van der Waals surface area contributed by atoms with Crippen LogP contribution in [0.2, 0.25) is 0 Å². The number of benzene rings is 3. The molecule has 0 atom stereocenters. The van der Waals surface area contributed by atoms with Gasteiger partial charge in [0.25, 0.3) is 5.91 Å². The number of hydrogen-bond acceptors (Lipinski definition) is 7. The van der Waals surface area contributed by atoms with Crippen LogP contribution in [0, 0.1) is 17.0 Å². The lowest BCUT2D eigenvalue weighted by atomic mass is 10.0. The van der Waals surface area contributed by atoms with E-state index in [1.54, 1.807) is 12.1 Å².